The minimum Gasteiger partial charge on any atom is -0.491 e. The van der Waals surface area contributed by atoms with Crippen molar-refractivity contribution in [2.45, 2.75) is 57.0 Å². The fourth-order valence-corrected chi connectivity index (χ4v) is 5.16. The van der Waals surface area contributed by atoms with E-state index in [1.807, 2.05) is 54.9 Å². The number of rotatable bonds is 7. The fraction of sp³-hybridized carbons (Fsp3) is 0.444. The van der Waals surface area contributed by atoms with Gasteiger partial charge in [0.1, 0.15) is 48.5 Å². The molecule has 0 amide bonds. The second-order valence-electron chi connectivity index (χ2n) is 10.3. The lowest BCUT2D eigenvalue weighted by Crippen LogP contribution is -2.33. The molecule has 1 aromatic carbocycles. The maximum atomic E-state index is 6.46. The van der Waals surface area contributed by atoms with Gasteiger partial charge in [-0.2, -0.15) is 0 Å². The van der Waals surface area contributed by atoms with Gasteiger partial charge in [-0.15, -0.1) is 0 Å². The molecule has 1 N–H and O–H groups in total. The van der Waals surface area contributed by atoms with Crippen molar-refractivity contribution in [2.75, 3.05) is 18.5 Å². The lowest BCUT2D eigenvalue weighted by atomic mass is 10.1. The SMILES string of the molecule is CC1(C)O[C@@H]2[C@H](O1)[C@@H](COc1ccc3ccc(NCC4CC4)nc3c1)O[C@H]2n1ccc2cncnc21. The van der Waals surface area contributed by atoms with Gasteiger partial charge in [-0.05, 0) is 62.9 Å². The Kier molecular flexibility index (Phi) is 5.13. The van der Waals surface area contributed by atoms with Gasteiger partial charge in [0.05, 0.1) is 5.52 Å². The number of anilines is 1. The summed E-state index contributed by atoms with van der Waals surface area (Å²) in [6.45, 7) is 5.18. The Morgan fingerprint density at radius 1 is 1.08 bits per heavy atom. The standard InChI is InChI=1S/C27H29N5O4/c1-27(2)35-23-21(34-26(24(23)36-27)32-10-9-18-13-28-15-30-25(18)32)14-33-19-7-5-17-6-8-22(31-20(17)11-19)29-12-16-3-4-16/h5-11,13,15-16,21,23-24,26H,3-4,12,14H2,1-2H3,(H,29,31)/t21-,23-,24-,26-/m1/s1. The number of pyridine rings is 1. The van der Waals surface area contributed by atoms with Gasteiger partial charge in [-0.1, -0.05) is 0 Å². The number of hydrogen-bond donors (Lipinski definition) is 1. The summed E-state index contributed by atoms with van der Waals surface area (Å²) in [6.07, 6.45) is 6.69. The first kappa shape index (κ1) is 22.0. The zero-order chi connectivity index (χ0) is 24.3. The molecule has 3 fully saturated rings. The van der Waals surface area contributed by atoms with Gasteiger partial charge in [0, 0.05) is 35.8 Å². The van der Waals surface area contributed by atoms with Crippen LogP contribution in [-0.4, -0.2) is 56.8 Å². The predicted octanol–water partition coefficient (Wildman–Crippen LogP) is 4.30. The van der Waals surface area contributed by atoms with Gasteiger partial charge in [-0.3, -0.25) is 0 Å². The molecular weight excluding hydrogens is 458 g/mol. The average Bonchev–Trinajstić information content (AvgIpc) is 3.41. The van der Waals surface area contributed by atoms with E-state index in [0.717, 1.165) is 46.0 Å². The molecule has 0 bridgehead atoms. The maximum absolute atomic E-state index is 6.46. The van der Waals surface area contributed by atoms with E-state index in [4.69, 9.17) is 23.9 Å². The van der Waals surface area contributed by atoms with Gasteiger partial charge < -0.3 is 28.8 Å². The Morgan fingerprint density at radius 3 is 2.83 bits per heavy atom. The predicted molar refractivity (Wildman–Crippen MR) is 134 cm³/mol. The van der Waals surface area contributed by atoms with Crippen LogP contribution in [0.2, 0.25) is 0 Å². The van der Waals surface area contributed by atoms with Gasteiger partial charge in [-0.25, -0.2) is 15.0 Å². The van der Waals surface area contributed by atoms with E-state index in [9.17, 15) is 0 Å². The summed E-state index contributed by atoms with van der Waals surface area (Å²) in [6, 6.07) is 12.1. The third-order valence-electron chi connectivity index (χ3n) is 7.12. The first-order valence-electron chi connectivity index (χ1n) is 12.6. The second-order valence-corrected chi connectivity index (χ2v) is 10.3. The Morgan fingerprint density at radius 2 is 1.94 bits per heavy atom. The molecule has 3 aliphatic rings. The van der Waals surface area contributed by atoms with Crippen molar-refractivity contribution in [1.82, 2.24) is 19.5 Å². The highest BCUT2D eigenvalue weighted by Crippen LogP contribution is 2.44. The Hall–Kier alpha value is -3.27. The lowest BCUT2D eigenvalue weighted by molar-refractivity contribution is -0.198. The summed E-state index contributed by atoms with van der Waals surface area (Å²) >= 11 is 0. The smallest absolute Gasteiger partial charge is 0.164 e. The van der Waals surface area contributed by atoms with E-state index < -0.39 is 5.79 Å². The van der Waals surface area contributed by atoms with Crippen molar-refractivity contribution in [3.05, 3.63) is 55.1 Å². The van der Waals surface area contributed by atoms with Crippen LogP contribution in [0.25, 0.3) is 21.9 Å². The van der Waals surface area contributed by atoms with E-state index >= 15 is 0 Å². The van der Waals surface area contributed by atoms with Crippen molar-refractivity contribution < 1.29 is 18.9 Å². The quantitative estimate of drug-likeness (QED) is 0.413. The van der Waals surface area contributed by atoms with E-state index in [1.54, 1.807) is 12.5 Å². The minimum atomic E-state index is -0.704. The van der Waals surface area contributed by atoms with E-state index in [-0.39, 0.29) is 24.5 Å². The van der Waals surface area contributed by atoms with E-state index in [0.29, 0.717) is 6.61 Å². The zero-order valence-electron chi connectivity index (χ0n) is 20.3. The number of benzene rings is 1. The van der Waals surface area contributed by atoms with Crippen molar-refractivity contribution >= 4 is 27.8 Å². The van der Waals surface area contributed by atoms with Crippen LogP contribution in [-0.2, 0) is 14.2 Å². The van der Waals surface area contributed by atoms with Crippen LogP contribution in [0, 0.1) is 5.92 Å². The fourth-order valence-electron chi connectivity index (χ4n) is 5.16. The highest BCUT2D eigenvalue weighted by Gasteiger charge is 2.56. The molecule has 0 unspecified atom stereocenters. The number of hydrogen-bond acceptors (Lipinski definition) is 8. The monoisotopic (exact) mass is 487 g/mol. The van der Waals surface area contributed by atoms with Crippen LogP contribution in [0.4, 0.5) is 5.82 Å². The molecular formula is C27H29N5O4. The molecule has 9 nitrogen and oxygen atoms in total. The molecule has 5 heterocycles. The van der Waals surface area contributed by atoms with Crippen LogP contribution < -0.4 is 10.1 Å². The highest BCUT2D eigenvalue weighted by molar-refractivity contribution is 5.81. The summed E-state index contributed by atoms with van der Waals surface area (Å²) in [4.78, 5) is 13.3. The summed E-state index contributed by atoms with van der Waals surface area (Å²) < 4.78 is 27.2. The maximum Gasteiger partial charge on any atom is 0.164 e. The van der Waals surface area contributed by atoms with E-state index in [2.05, 4.69) is 21.4 Å². The Bertz CT molecular complexity index is 1420. The molecule has 1 aliphatic carbocycles. The number of nitrogens with one attached hydrogen (secondary N) is 1. The largest absolute Gasteiger partial charge is 0.491 e. The molecule has 1 saturated carbocycles. The average molecular weight is 488 g/mol. The molecule has 4 aromatic rings. The minimum absolute atomic E-state index is 0.263. The number of fused-ring (bicyclic) bond motifs is 3. The molecule has 4 atom stereocenters. The van der Waals surface area contributed by atoms with Crippen molar-refractivity contribution in [2.24, 2.45) is 5.92 Å². The third-order valence-corrected chi connectivity index (χ3v) is 7.12. The number of nitrogens with zero attached hydrogens (tertiary/aromatic N) is 4. The van der Waals surface area contributed by atoms with Crippen LogP contribution >= 0.6 is 0 Å². The lowest BCUT2D eigenvalue weighted by Gasteiger charge is -2.25. The molecule has 0 spiro atoms. The molecule has 7 rings (SSSR count). The zero-order valence-corrected chi connectivity index (χ0v) is 20.3. The summed E-state index contributed by atoms with van der Waals surface area (Å²) in [5.74, 6) is 1.73. The van der Waals surface area contributed by atoms with Crippen LogP contribution in [0.3, 0.4) is 0 Å². The molecule has 9 heteroatoms. The topological polar surface area (TPSA) is 92.6 Å². The van der Waals surface area contributed by atoms with Gasteiger partial charge in [0.2, 0.25) is 0 Å². The number of aromatic nitrogens is 4. The molecule has 36 heavy (non-hydrogen) atoms. The third kappa shape index (κ3) is 4.07. The molecule has 186 valence electrons. The summed E-state index contributed by atoms with van der Waals surface area (Å²) in [7, 11) is 0. The van der Waals surface area contributed by atoms with E-state index in [1.165, 1.54) is 12.8 Å². The first-order chi connectivity index (χ1) is 17.5. The van der Waals surface area contributed by atoms with Gasteiger partial charge in [0.15, 0.2) is 12.0 Å². The normalized spacial score (nSPS) is 26.9. The van der Waals surface area contributed by atoms with Crippen LogP contribution in [0.15, 0.2) is 55.1 Å². The molecule has 2 saturated heterocycles. The number of ether oxygens (including phenoxy) is 4. The van der Waals surface area contributed by atoms with Crippen molar-refractivity contribution in [3.63, 3.8) is 0 Å². The van der Waals surface area contributed by atoms with Crippen molar-refractivity contribution in [3.8, 4) is 5.75 Å². The van der Waals surface area contributed by atoms with Crippen LogP contribution in [0.5, 0.6) is 5.75 Å². The molecule has 3 aromatic heterocycles. The highest BCUT2D eigenvalue weighted by atomic mass is 16.8. The van der Waals surface area contributed by atoms with Crippen LogP contribution in [0.1, 0.15) is 32.9 Å². The Balaban J connectivity index is 1.10. The van der Waals surface area contributed by atoms with Crippen molar-refractivity contribution in [1.29, 1.82) is 0 Å². The first-order valence-corrected chi connectivity index (χ1v) is 12.6. The second kappa shape index (κ2) is 8.40. The Labute approximate surface area is 208 Å². The van der Waals surface area contributed by atoms with Gasteiger partial charge in [0.25, 0.3) is 0 Å². The molecule has 2 aliphatic heterocycles. The summed E-state index contributed by atoms with van der Waals surface area (Å²) in [5.41, 5.74) is 1.70. The van der Waals surface area contributed by atoms with Gasteiger partial charge >= 0.3 is 0 Å². The summed E-state index contributed by atoms with van der Waals surface area (Å²) in [5, 5.41) is 5.47. The molecule has 0 radical (unpaired) electrons.